The van der Waals surface area contributed by atoms with Crippen LogP contribution in [0.25, 0.3) is 0 Å². The first-order valence-electron chi connectivity index (χ1n) is 10.5. The van der Waals surface area contributed by atoms with E-state index in [4.69, 9.17) is 0 Å². The van der Waals surface area contributed by atoms with Gasteiger partial charge in [-0.25, -0.2) is 0 Å². The fourth-order valence-corrected chi connectivity index (χ4v) is 3.04. The van der Waals surface area contributed by atoms with Gasteiger partial charge in [0, 0.05) is 13.5 Å². The predicted molar refractivity (Wildman–Crippen MR) is 107 cm³/mol. The molecule has 2 amide bonds. The lowest BCUT2D eigenvalue weighted by molar-refractivity contribution is -0.129. The molecule has 25 heavy (non-hydrogen) atoms. The van der Waals surface area contributed by atoms with E-state index in [1.165, 1.54) is 77.6 Å². The Kier molecular flexibility index (Phi) is 15.7. The van der Waals surface area contributed by atoms with Crippen LogP contribution >= 0.6 is 0 Å². The fraction of sp³-hybridized carbons (Fsp3) is 0.905. The summed E-state index contributed by atoms with van der Waals surface area (Å²) < 4.78 is 0. The van der Waals surface area contributed by atoms with Crippen molar-refractivity contribution < 1.29 is 9.59 Å². The number of carbonyl (C=O) groups excluding carboxylic acids is 2. The van der Waals surface area contributed by atoms with E-state index in [9.17, 15) is 9.59 Å². The van der Waals surface area contributed by atoms with Gasteiger partial charge in [0.25, 0.3) is 0 Å². The molecule has 0 aromatic heterocycles. The first-order valence-corrected chi connectivity index (χ1v) is 10.5. The smallest absolute Gasteiger partial charge is 0.242 e. The van der Waals surface area contributed by atoms with Gasteiger partial charge in [-0.3, -0.25) is 9.59 Å². The minimum Gasteiger partial charge on any atom is -0.354 e. The van der Waals surface area contributed by atoms with E-state index >= 15 is 0 Å². The van der Waals surface area contributed by atoms with Gasteiger partial charge in [0.2, 0.25) is 11.8 Å². The molecule has 0 radical (unpaired) electrons. The summed E-state index contributed by atoms with van der Waals surface area (Å²) in [6, 6.07) is -0.421. The molecular weight excluding hydrogens is 312 g/mol. The minimum absolute atomic E-state index is 0.0618. The number of hydrogen-bond donors (Lipinski definition) is 2. The maximum absolute atomic E-state index is 12.1. The molecule has 0 aliphatic rings. The predicted octanol–water partition coefficient (Wildman–Crippen LogP) is 4.96. The Morgan fingerprint density at radius 3 is 1.60 bits per heavy atom. The summed E-state index contributed by atoms with van der Waals surface area (Å²) in [6.45, 7) is 8.32. The molecule has 4 nitrogen and oxygen atoms in total. The summed E-state index contributed by atoms with van der Waals surface area (Å²) in [4.78, 5) is 23.3. The van der Waals surface area contributed by atoms with Gasteiger partial charge < -0.3 is 10.6 Å². The first-order chi connectivity index (χ1) is 12.0. The third-order valence-corrected chi connectivity index (χ3v) is 4.64. The van der Waals surface area contributed by atoms with Crippen LogP contribution in [0.2, 0.25) is 0 Å². The lowest BCUT2D eigenvalue weighted by atomic mass is 10.0. The van der Waals surface area contributed by atoms with Gasteiger partial charge in [0.05, 0.1) is 0 Å². The molecule has 148 valence electrons. The van der Waals surface area contributed by atoms with Crippen LogP contribution in [0.5, 0.6) is 0 Å². The normalized spacial score (nSPS) is 12.2. The molecule has 2 N–H and O–H groups in total. The summed E-state index contributed by atoms with van der Waals surface area (Å²) in [5.74, 6) is -0.113. The molecule has 1 atom stereocenters. The van der Waals surface area contributed by atoms with Crippen LogP contribution in [0.3, 0.4) is 0 Å². The highest BCUT2D eigenvalue weighted by Crippen LogP contribution is 2.11. The second-order valence-corrected chi connectivity index (χ2v) is 7.60. The molecule has 0 unspecified atom stereocenters. The van der Waals surface area contributed by atoms with E-state index in [-0.39, 0.29) is 17.7 Å². The Labute approximate surface area is 155 Å². The van der Waals surface area contributed by atoms with Gasteiger partial charge in [-0.15, -0.1) is 0 Å². The average molecular weight is 355 g/mol. The molecule has 0 aliphatic heterocycles. The molecule has 0 aliphatic carbocycles. The average Bonchev–Trinajstić information content (AvgIpc) is 2.56. The number of nitrogens with one attached hydrogen (secondary N) is 2. The third kappa shape index (κ3) is 14.9. The Balaban J connectivity index is 3.48. The van der Waals surface area contributed by atoms with Crippen molar-refractivity contribution in [1.29, 1.82) is 0 Å². The van der Waals surface area contributed by atoms with Crippen molar-refractivity contribution in [2.75, 3.05) is 6.54 Å². The number of amides is 2. The van der Waals surface area contributed by atoms with Gasteiger partial charge >= 0.3 is 0 Å². The molecule has 0 saturated heterocycles. The van der Waals surface area contributed by atoms with E-state index in [1.54, 1.807) is 0 Å². The van der Waals surface area contributed by atoms with Crippen molar-refractivity contribution in [1.82, 2.24) is 10.6 Å². The lowest BCUT2D eigenvalue weighted by Gasteiger charge is -2.20. The standard InChI is InChI=1S/C21H42N2O2/c1-5-6-7-8-9-10-11-12-13-14-15-16-17-22-21(25)20(18(2)3)23-19(4)24/h18,20H,5-17H2,1-4H3,(H,22,25)(H,23,24)/t20-/m0/s1. The summed E-state index contributed by atoms with van der Waals surface area (Å²) in [5.41, 5.74) is 0. The summed E-state index contributed by atoms with van der Waals surface area (Å²) in [7, 11) is 0. The molecular formula is C21H42N2O2. The number of unbranched alkanes of at least 4 members (excludes halogenated alkanes) is 11. The highest BCUT2D eigenvalue weighted by atomic mass is 16.2. The van der Waals surface area contributed by atoms with E-state index in [0.717, 1.165) is 6.42 Å². The van der Waals surface area contributed by atoms with Crippen molar-refractivity contribution in [3.05, 3.63) is 0 Å². The van der Waals surface area contributed by atoms with Gasteiger partial charge in [-0.2, -0.15) is 0 Å². The van der Waals surface area contributed by atoms with E-state index < -0.39 is 6.04 Å². The summed E-state index contributed by atoms with van der Waals surface area (Å²) in [6.07, 6.45) is 15.8. The second kappa shape index (κ2) is 16.4. The molecule has 4 heteroatoms. The van der Waals surface area contributed by atoms with E-state index in [0.29, 0.717) is 6.54 Å². The van der Waals surface area contributed by atoms with Crippen LogP contribution in [0.4, 0.5) is 0 Å². The monoisotopic (exact) mass is 354 g/mol. The Hall–Kier alpha value is -1.06. The fourth-order valence-electron chi connectivity index (χ4n) is 3.04. The molecule has 0 spiro atoms. The quantitative estimate of drug-likeness (QED) is 0.385. The number of hydrogen-bond acceptors (Lipinski definition) is 2. The van der Waals surface area contributed by atoms with Gasteiger partial charge in [-0.05, 0) is 12.3 Å². The molecule has 0 rings (SSSR count). The van der Waals surface area contributed by atoms with Crippen molar-refractivity contribution >= 4 is 11.8 Å². The third-order valence-electron chi connectivity index (χ3n) is 4.64. The Morgan fingerprint density at radius 1 is 0.760 bits per heavy atom. The van der Waals surface area contributed by atoms with Gasteiger partial charge in [0.15, 0.2) is 0 Å². The second-order valence-electron chi connectivity index (χ2n) is 7.60. The van der Waals surface area contributed by atoms with Crippen LogP contribution in [0.1, 0.15) is 105 Å². The van der Waals surface area contributed by atoms with Crippen LogP contribution in [-0.2, 0) is 9.59 Å². The maximum atomic E-state index is 12.1. The summed E-state index contributed by atoms with van der Waals surface area (Å²) in [5, 5.41) is 5.68. The minimum atomic E-state index is -0.421. The topological polar surface area (TPSA) is 58.2 Å². The van der Waals surface area contributed by atoms with Gasteiger partial charge in [-0.1, -0.05) is 91.4 Å². The summed E-state index contributed by atoms with van der Waals surface area (Å²) >= 11 is 0. The lowest BCUT2D eigenvalue weighted by Crippen LogP contribution is -2.49. The van der Waals surface area contributed by atoms with E-state index in [1.807, 2.05) is 13.8 Å². The van der Waals surface area contributed by atoms with Gasteiger partial charge in [0.1, 0.15) is 6.04 Å². The zero-order valence-electron chi connectivity index (χ0n) is 17.2. The van der Waals surface area contributed by atoms with Crippen LogP contribution in [0.15, 0.2) is 0 Å². The molecule has 0 aromatic rings. The zero-order chi connectivity index (χ0) is 18.9. The number of rotatable bonds is 16. The maximum Gasteiger partial charge on any atom is 0.242 e. The van der Waals surface area contributed by atoms with E-state index in [2.05, 4.69) is 17.6 Å². The SMILES string of the molecule is CCCCCCCCCCCCCCNC(=O)[C@@H](NC(C)=O)C(C)C. The van der Waals surface area contributed by atoms with Crippen molar-refractivity contribution in [3.8, 4) is 0 Å². The highest BCUT2D eigenvalue weighted by Gasteiger charge is 2.22. The van der Waals surface area contributed by atoms with Crippen molar-refractivity contribution in [2.45, 2.75) is 111 Å². The van der Waals surface area contributed by atoms with Crippen LogP contribution in [0, 0.1) is 5.92 Å². The molecule has 0 saturated carbocycles. The van der Waals surface area contributed by atoms with Crippen LogP contribution < -0.4 is 10.6 Å². The highest BCUT2D eigenvalue weighted by molar-refractivity contribution is 5.86. The van der Waals surface area contributed by atoms with Crippen molar-refractivity contribution in [3.63, 3.8) is 0 Å². The van der Waals surface area contributed by atoms with Crippen molar-refractivity contribution in [2.24, 2.45) is 5.92 Å². The zero-order valence-corrected chi connectivity index (χ0v) is 17.2. The first kappa shape index (κ1) is 23.9. The Bertz CT molecular complexity index is 343. The Morgan fingerprint density at radius 2 is 1.20 bits per heavy atom. The number of carbonyl (C=O) groups is 2. The molecule has 0 fully saturated rings. The molecule has 0 bridgehead atoms. The molecule has 0 heterocycles. The largest absolute Gasteiger partial charge is 0.354 e. The van der Waals surface area contributed by atoms with Crippen LogP contribution in [-0.4, -0.2) is 24.4 Å². The molecule has 0 aromatic carbocycles.